The fourth-order valence-corrected chi connectivity index (χ4v) is 5.64. The van der Waals surface area contributed by atoms with E-state index in [0.29, 0.717) is 25.9 Å². The van der Waals surface area contributed by atoms with E-state index in [-0.39, 0.29) is 30.1 Å². The first-order valence-electron chi connectivity index (χ1n) is 13.8. The number of halogens is 1. The lowest BCUT2D eigenvalue weighted by Crippen LogP contribution is -2.55. The molecule has 3 amide bonds. The molecule has 1 aliphatic rings. The van der Waals surface area contributed by atoms with E-state index >= 15 is 0 Å². The van der Waals surface area contributed by atoms with Crippen molar-refractivity contribution in [2.75, 3.05) is 19.6 Å². The molecule has 2 heterocycles. The van der Waals surface area contributed by atoms with Crippen molar-refractivity contribution in [1.82, 2.24) is 20.9 Å². The molecule has 9 heteroatoms. The second kappa shape index (κ2) is 14.6. The van der Waals surface area contributed by atoms with Crippen LogP contribution in [-0.4, -0.2) is 54.3 Å². The minimum atomic E-state index is -0.732. The molecule has 0 radical (unpaired) electrons. The van der Waals surface area contributed by atoms with E-state index in [1.54, 1.807) is 16.2 Å². The molecule has 0 bridgehead atoms. The van der Waals surface area contributed by atoms with Gasteiger partial charge in [0.15, 0.2) is 0 Å². The molecule has 2 atom stereocenters. The summed E-state index contributed by atoms with van der Waals surface area (Å²) < 4.78 is 0. The summed E-state index contributed by atoms with van der Waals surface area (Å²) in [5, 5.41) is 13.7. The van der Waals surface area contributed by atoms with Crippen LogP contribution in [0.5, 0.6) is 0 Å². The van der Waals surface area contributed by atoms with Crippen molar-refractivity contribution in [2.24, 2.45) is 5.41 Å². The maximum absolute atomic E-state index is 13.4. The molecule has 1 fully saturated rings. The van der Waals surface area contributed by atoms with E-state index in [1.165, 1.54) is 4.88 Å². The third-order valence-electron chi connectivity index (χ3n) is 7.05. The standard InChI is InChI=1S/C31H40N4O3S.ClH/c1-31(2,3)30(38)35-17-6-12-27(35)29(37)34-26(20-22-13-14-23-9-4-5-10-24(23)19-22)28(36)33-16-8-15-32-21-25-11-7-18-39-25;/h4-5,7,9-11,13-14,18-19,26-27,32H,6,8,12,15-17,20-21H2,1-3H3,(H,33,36)(H,34,37);1H/t26-,27+;/m1./s1. The number of hydrogen-bond donors (Lipinski definition) is 3. The Morgan fingerprint density at radius 3 is 2.52 bits per heavy atom. The van der Waals surface area contributed by atoms with Crippen molar-refractivity contribution in [2.45, 2.75) is 65.1 Å². The van der Waals surface area contributed by atoms with E-state index in [9.17, 15) is 14.4 Å². The molecule has 216 valence electrons. The van der Waals surface area contributed by atoms with Gasteiger partial charge in [-0.3, -0.25) is 14.4 Å². The SMILES string of the molecule is CC(C)(C)C(=O)N1CCC[C@H]1C(=O)N[C@H](Cc1ccc2ccccc2c1)C(=O)NCCCNCc1cccs1.Cl. The predicted octanol–water partition coefficient (Wildman–Crippen LogP) is 4.68. The second-order valence-electron chi connectivity index (χ2n) is 11.3. The molecular formula is C31H41ClN4O3S. The van der Waals surface area contributed by atoms with Gasteiger partial charge in [0.05, 0.1) is 0 Å². The van der Waals surface area contributed by atoms with Crippen molar-refractivity contribution in [3.05, 3.63) is 70.4 Å². The number of carbonyl (C=O) groups is 3. The average molecular weight is 585 g/mol. The molecule has 3 N–H and O–H groups in total. The summed E-state index contributed by atoms with van der Waals surface area (Å²) in [6.45, 7) is 8.28. The Kier molecular flexibility index (Phi) is 11.5. The summed E-state index contributed by atoms with van der Waals surface area (Å²) in [5.74, 6) is -0.504. The zero-order valence-corrected chi connectivity index (χ0v) is 25.2. The maximum Gasteiger partial charge on any atom is 0.243 e. The number of rotatable bonds is 11. The van der Waals surface area contributed by atoms with Gasteiger partial charge >= 0.3 is 0 Å². The number of likely N-dealkylation sites (tertiary alicyclic amines) is 1. The number of amides is 3. The summed E-state index contributed by atoms with van der Waals surface area (Å²) in [4.78, 5) is 42.7. The van der Waals surface area contributed by atoms with Crippen LogP contribution in [0.4, 0.5) is 0 Å². The van der Waals surface area contributed by atoms with Crippen LogP contribution >= 0.6 is 23.7 Å². The molecule has 1 saturated heterocycles. The quantitative estimate of drug-likeness (QED) is 0.285. The van der Waals surface area contributed by atoms with E-state index in [0.717, 1.165) is 42.3 Å². The van der Waals surface area contributed by atoms with Crippen LogP contribution in [0.2, 0.25) is 0 Å². The predicted molar refractivity (Wildman–Crippen MR) is 165 cm³/mol. The first kappa shape index (κ1) is 31.6. The molecule has 0 spiro atoms. The highest BCUT2D eigenvalue weighted by Crippen LogP contribution is 2.26. The van der Waals surface area contributed by atoms with E-state index in [1.807, 2.05) is 57.2 Å². The smallest absolute Gasteiger partial charge is 0.243 e. The van der Waals surface area contributed by atoms with Crippen molar-refractivity contribution in [3.8, 4) is 0 Å². The number of hydrogen-bond acceptors (Lipinski definition) is 5. The van der Waals surface area contributed by atoms with Gasteiger partial charge in [-0.2, -0.15) is 0 Å². The van der Waals surface area contributed by atoms with Gasteiger partial charge in [-0.15, -0.1) is 23.7 Å². The summed E-state index contributed by atoms with van der Waals surface area (Å²) in [5.41, 5.74) is 0.406. The topological polar surface area (TPSA) is 90.5 Å². The Morgan fingerprint density at radius 1 is 1.02 bits per heavy atom. The second-order valence-corrected chi connectivity index (χ2v) is 12.3. The Hall–Kier alpha value is -2.94. The van der Waals surface area contributed by atoms with Crippen LogP contribution in [-0.2, 0) is 27.3 Å². The van der Waals surface area contributed by atoms with Crippen molar-refractivity contribution in [3.63, 3.8) is 0 Å². The van der Waals surface area contributed by atoms with Crippen molar-refractivity contribution < 1.29 is 14.4 Å². The van der Waals surface area contributed by atoms with Crippen LogP contribution in [0.3, 0.4) is 0 Å². The lowest BCUT2D eigenvalue weighted by Gasteiger charge is -2.31. The Labute approximate surface area is 247 Å². The normalized spacial score (nSPS) is 15.9. The summed E-state index contributed by atoms with van der Waals surface area (Å²) in [6.07, 6.45) is 2.54. The highest BCUT2D eigenvalue weighted by molar-refractivity contribution is 7.09. The molecule has 1 aliphatic heterocycles. The first-order chi connectivity index (χ1) is 18.7. The Balaban J connectivity index is 0.00000441. The molecule has 2 aromatic carbocycles. The molecule has 3 aromatic rings. The fourth-order valence-electron chi connectivity index (χ4n) is 4.96. The largest absolute Gasteiger partial charge is 0.354 e. The molecule has 7 nitrogen and oxygen atoms in total. The van der Waals surface area contributed by atoms with E-state index in [2.05, 4.69) is 39.5 Å². The third kappa shape index (κ3) is 8.53. The molecular weight excluding hydrogens is 544 g/mol. The van der Waals surface area contributed by atoms with Crippen LogP contribution in [0.1, 0.15) is 50.5 Å². The van der Waals surface area contributed by atoms with Gasteiger partial charge in [0.2, 0.25) is 17.7 Å². The summed E-state index contributed by atoms with van der Waals surface area (Å²) >= 11 is 1.72. The van der Waals surface area contributed by atoms with E-state index < -0.39 is 17.5 Å². The van der Waals surface area contributed by atoms with Crippen LogP contribution < -0.4 is 16.0 Å². The molecule has 0 saturated carbocycles. The van der Waals surface area contributed by atoms with Crippen molar-refractivity contribution >= 4 is 52.2 Å². The average Bonchev–Trinajstić information content (AvgIpc) is 3.61. The van der Waals surface area contributed by atoms with Gasteiger partial charge in [-0.05, 0) is 53.6 Å². The van der Waals surface area contributed by atoms with Gasteiger partial charge in [-0.1, -0.05) is 69.3 Å². The van der Waals surface area contributed by atoms with Gasteiger partial charge in [0.1, 0.15) is 12.1 Å². The Bertz CT molecular complexity index is 1280. The Morgan fingerprint density at radius 2 is 1.80 bits per heavy atom. The number of fused-ring (bicyclic) bond motifs is 1. The minimum absolute atomic E-state index is 0. The summed E-state index contributed by atoms with van der Waals surface area (Å²) in [6, 6.07) is 17.1. The third-order valence-corrected chi connectivity index (χ3v) is 7.93. The van der Waals surface area contributed by atoms with Crippen LogP contribution in [0.25, 0.3) is 10.8 Å². The number of nitrogens with one attached hydrogen (secondary N) is 3. The number of thiophene rings is 1. The summed E-state index contributed by atoms with van der Waals surface area (Å²) in [7, 11) is 0. The lowest BCUT2D eigenvalue weighted by atomic mass is 9.94. The lowest BCUT2D eigenvalue weighted by molar-refractivity contribution is -0.145. The monoisotopic (exact) mass is 584 g/mol. The fraction of sp³-hybridized carbons (Fsp3) is 0.452. The maximum atomic E-state index is 13.4. The first-order valence-corrected chi connectivity index (χ1v) is 14.7. The number of nitrogens with zero attached hydrogens (tertiary/aromatic N) is 1. The van der Waals surface area contributed by atoms with E-state index in [4.69, 9.17) is 0 Å². The molecule has 4 rings (SSSR count). The van der Waals surface area contributed by atoms with Crippen LogP contribution in [0, 0.1) is 5.41 Å². The zero-order chi connectivity index (χ0) is 27.8. The number of benzene rings is 2. The van der Waals surface area contributed by atoms with Gasteiger partial charge in [0, 0.05) is 36.3 Å². The number of carbonyl (C=O) groups excluding carboxylic acids is 3. The zero-order valence-electron chi connectivity index (χ0n) is 23.6. The van der Waals surface area contributed by atoms with Gasteiger partial charge < -0.3 is 20.9 Å². The molecule has 0 unspecified atom stereocenters. The highest BCUT2D eigenvalue weighted by atomic mass is 35.5. The minimum Gasteiger partial charge on any atom is -0.354 e. The molecule has 0 aliphatic carbocycles. The van der Waals surface area contributed by atoms with Crippen LogP contribution in [0.15, 0.2) is 60.0 Å². The highest BCUT2D eigenvalue weighted by Gasteiger charge is 2.39. The van der Waals surface area contributed by atoms with Crippen molar-refractivity contribution in [1.29, 1.82) is 0 Å². The van der Waals surface area contributed by atoms with Gasteiger partial charge in [0.25, 0.3) is 0 Å². The molecule has 1 aromatic heterocycles. The van der Waals surface area contributed by atoms with Gasteiger partial charge in [-0.25, -0.2) is 0 Å². The molecule has 40 heavy (non-hydrogen) atoms.